The van der Waals surface area contributed by atoms with Crippen molar-refractivity contribution >= 4 is 9.84 Å². The quantitative estimate of drug-likeness (QED) is 0.899. The average Bonchev–Trinajstić information content (AvgIpc) is 2.19. The van der Waals surface area contributed by atoms with Gasteiger partial charge in [-0.2, -0.15) is 0 Å². The molecule has 2 N–H and O–H groups in total. The summed E-state index contributed by atoms with van der Waals surface area (Å²) in [6, 6.07) is 1.34. The molecule has 1 atom stereocenters. The first-order valence-corrected chi connectivity index (χ1v) is 7.15. The molecule has 1 aromatic rings. The van der Waals surface area contributed by atoms with Crippen molar-refractivity contribution in [2.75, 3.05) is 12.0 Å². The van der Waals surface area contributed by atoms with Crippen molar-refractivity contribution in [3.05, 3.63) is 34.9 Å². The molecule has 0 heterocycles. The summed E-state index contributed by atoms with van der Waals surface area (Å²) in [4.78, 5) is 0. The standard InChI is InChI=1S/C11H15F2NO2S/c1-7-5-8(10(13)6-9(7)12)11(14)3-4-17(2,15)16/h5-6,11H,3-4,14H2,1-2H3. The lowest BCUT2D eigenvalue weighted by Crippen LogP contribution is -2.17. The van der Waals surface area contributed by atoms with Crippen LogP contribution in [-0.2, 0) is 9.84 Å². The van der Waals surface area contributed by atoms with Crippen LogP contribution in [0.25, 0.3) is 0 Å². The van der Waals surface area contributed by atoms with Gasteiger partial charge in [-0.3, -0.25) is 0 Å². The Morgan fingerprint density at radius 1 is 1.29 bits per heavy atom. The van der Waals surface area contributed by atoms with Crippen molar-refractivity contribution in [2.45, 2.75) is 19.4 Å². The molecule has 3 nitrogen and oxygen atoms in total. The van der Waals surface area contributed by atoms with E-state index < -0.39 is 27.5 Å². The fourth-order valence-corrected chi connectivity index (χ4v) is 2.14. The molecule has 0 saturated heterocycles. The second-order valence-electron chi connectivity index (χ2n) is 4.15. The molecule has 17 heavy (non-hydrogen) atoms. The Hall–Kier alpha value is -1.01. The van der Waals surface area contributed by atoms with Gasteiger partial charge < -0.3 is 5.73 Å². The minimum absolute atomic E-state index is 0.112. The second kappa shape index (κ2) is 5.10. The van der Waals surface area contributed by atoms with Crippen LogP contribution in [0.4, 0.5) is 8.78 Å². The molecule has 0 spiro atoms. The zero-order chi connectivity index (χ0) is 13.2. The third kappa shape index (κ3) is 4.05. The Morgan fingerprint density at radius 3 is 2.41 bits per heavy atom. The second-order valence-corrected chi connectivity index (χ2v) is 6.41. The van der Waals surface area contributed by atoms with Gasteiger partial charge in [-0.15, -0.1) is 0 Å². The van der Waals surface area contributed by atoms with Crippen molar-refractivity contribution < 1.29 is 17.2 Å². The van der Waals surface area contributed by atoms with Gasteiger partial charge in [-0.25, -0.2) is 17.2 Å². The molecule has 0 amide bonds. The maximum Gasteiger partial charge on any atom is 0.147 e. The molecule has 0 radical (unpaired) electrons. The number of aryl methyl sites for hydroxylation is 1. The number of rotatable bonds is 4. The third-order valence-electron chi connectivity index (χ3n) is 2.48. The minimum Gasteiger partial charge on any atom is -0.324 e. The summed E-state index contributed by atoms with van der Waals surface area (Å²) in [5.74, 6) is -1.50. The van der Waals surface area contributed by atoms with Gasteiger partial charge in [0, 0.05) is 23.9 Å². The van der Waals surface area contributed by atoms with Crippen LogP contribution in [0.1, 0.15) is 23.6 Å². The van der Waals surface area contributed by atoms with Gasteiger partial charge in [-0.1, -0.05) is 0 Å². The van der Waals surface area contributed by atoms with Gasteiger partial charge in [0.1, 0.15) is 21.5 Å². The molecular weight excluding hydrogens is 248 g/mol. The van der Waals surface area contributed by atoms with Crippen molar-refractivity contribution in [2.24, 2.45) is 5.73 Å². The molecule has 0 aromatic heterocycles. The number of benzene rings is 1. The third-order valence-corrected chi connectivity index (χ3v) is 3.45. The molecule has 1 rings (SSSR count). The van der Waals surface area contributed by atoms with E-state index in [-0.39, 0.29) is 23.3 Å². The lowest BCUT2D eigenvalue weighted by atomic mass is 10.0. The molecule has 0 aliphatic heterocycles. The lowest BCUT2D eigenvalue weighted by Gasteiger charge is -2.13. The van der Waals surface area contributed by atoms with Crippen LogP contribution in [0.3, 0.4) is 0 Å². The molecule has 6 heteroatoms. The number of nitrogens with two attached hydrogens (primary N) is 1. The van der Waals surface area contributed by atoms with Crippen molar-refractivity contribution in [1.82, 2.24) is 0 Å². The summed E-state index contributed by atoms with van der Waals surface area (Å²) in [6.45, 7) is 1.50. The fraction of sp³-hybridized carbons (Fsp3) is 0.455. The van der Waals surface area contributed by atoms with Gasteiger partial charge >= 0.3 is 0 Å². The van der Waals surface area contributed by atoms with Gasteiger partial charge in [0.15, 0.2) is 0 Å². The Morgan fingerprint density at radius 2 is 1.88 bits per heavy atom. The number of sulfone groups is 1. The number of hydrogen-bond donors (Lipinski definition) is 1. The summed E-state index contributed by atoms with van der Waals surface area (Å²) in [7, 11) is -3.13. The average molecular weight is 263 g/mol. The van der Waals surface area contributed by atoms with E-state index in [9.17, 15) is 17.2 Å². The molecule has 96 valence electrons. The first-order valence-electron chi connectivity index (χ1n) is 5.09. The molecule has 0 fully saturated rings. The largest absolute Gasteiger partial charge is 0.324 e. The van der Waals surface area contributed by atoms with Crippen LogP contribution in [0, 0.1) is 18.6 Å². The lowest BCUT2D eigenvalue weighted by molar-refractivity contribution is 0.543. The van der Waals surface area contributed by atoms with E-state index >= 15 is 0 Å². The maximum absolute atomic E-state index is 13.4. The first-order chi connectivity index (χ1) is 7.70. The Kier molecular flexibility index (Phi) is 4.21. The highest BCUT2D eigenvalue weighted by Crippen LogP contribution is 2.21. The first kappa shape index (κ1) is 14.1. The van der Waals surface area contributed by atoms with Crippen LogP contribution in [0.2, 0.25) is 0 Å². The van der Waals surface area contributed by atoms with Crippen molar-refractivity contribution in [3.8, 4) is 0 Å². The summed E-state index contributed by atoms with van der Waals surface area (Å²) in [6.07, 6.45) is 1.20. The van der Waals surface area contributed by atoms with E-state index in [1.807, 2.05) is 0 Å². The predicted octanol–water partition coefficient (Wildman–Crippen LogP) is 1.71. The molecule has 0 saturated carbocycles. The van der Waals surface area contributed by atoms with E-state index in [1.54, 1.807) is 0 Å². The minimum atomic E-state index is -3.13. The van der Waals surface area contributed by atoms with Crippen LogP contribution >= 0.6 is 0 Å². The Balaban J connectivity index is 2.89. The molecule has 1 unspecified atom stereocenters. The van der Waals surface area contributed by atoms with Gasteiger partial charge in [0.2, 0.25) is 0 Å². The number of halogens is 2. The summed E-state index contributed by atoms with van der Waals surface area (Å²) >= 11 is 0. The van der Waals surface area contributed by atoms with Crippen LogP contribution in [0.5, 0.6) is 0 Å². The normalized spacial score (nSPS) is 13.7. The zero-order valence-electron chi connectivity index (χ0n) is 9.70. The molecule has 0 bridgehead atoms. The zero-order valence-corrected chi connectivity index (χ0v) is 10.5. The number of hydrogen-bond acceptors (Lipinski definition) is 3. The fourth-order valence-electron chi connectivity index (χ4n) is 1.46. The Bertz CT molecular complexity index is 514. The highest BCUT2D eigenvalue weighted by atomic mass is 32.2. The highest BCUT2D eigenvalue weighted by Gasteiger charge is 2.16. The van der Waals surface area contributed by atoms with Crippen molar-refractivity contribution in [3.63, 3.8) is 0 Å². The van der Waals surface area contributed by atoms with E-state index in [1.165, 1.54) is 13.0 Å². The molecule has 1 aromatic carbocycles. The smallest absolute Gasteiger partial charge is 0.147 e. The van der Waals surface area contributed by atoms with E-state index in [0.717, 1.165) is 12.3 Å². The van der Waals surface area contributed by atoms with Gasteiger partial charge in [-0.05, 0) is 25.0 Å². The highest BCUT2D eigenvalue weighted by molar-refractivity contribution is 7.90. The van der Waals surface area contributed by atoms with Gasteiger partial charge in [0.25, 0.3) is 0 Å². The monoisotopic (exact) mass is 263 g/mol. The molecule has 0 aliphatic carbocycles. The van der Waals surface area contributed by atoms with E-state index in [2.05, 4.69) is 0 Å². The van der Waals surface area contributed by atoms with Crippen LogP contribution < -0.4 is 5.73 Å². The summed E-state index contributed by atoms with van der Waals surface area (Å²) < 4.78 is 48.4. The van der Waals surface area contributed by atoms with Crippen LogP contribution in [0.15, 0.2) is 12.1 Å². The Labute approximate surface area is 99.6 Å². The molecular formula is C11H15F2NO2S. The summed E-state index contributed by atoms with van der Waals surface area (Å²) in [5.41, 5.74) is 6.13. The van der Waals surface area contributed by atoms with Crippen LogP contribution in [-0.4, -0.2) is 20.4 Å². The summed E-state index contributed by atoms with van der Waals surface area (Å²) in [5, 5.41) is 0. The maximum atomic E-state index is 13.4. The molecule has 0 aliphatic rings. The van der Waals surface area contributed by atoms with Crippen molar-refractivity contribution in [1.29, 1.82) is 0 Å². The topological polar surface area (TPSA) is 60.2 Å². The van der Waals surface area contributed by atoms with E-state index in [4.69, 9.17) is 5.73 Å². The SMILES string of the molecule is Cc1cc(C(N)CCS(C)(=O)=O)c(F)cc1F. The van der Waals surface area contributed by atoms with Gasteiger partial charge in [0.05, 0.1) is 5.75 Å². The predicted molar refractivity (Wildman–Crippen MR) is 62.4 cm³/mol. The van der Waals surface area contributed by atoms with E-state index in [0.29, 0.717) is 0 Å².